The van der Waals surface area contributed by atoms with Gasteiger partial charge < -0.3 is 0 Å². The van der Waals surface area contributed by atoms with Gasteiger partial charge in [-0.3, -0.25) is 25.2 Å². The number of para-hydroxylation sites is 2. The van der Waals surface area contributed by atoms with Gasteiger partial charge in [0.15, 0.2) is 0 Å². The van der Waals surface area contributed by atoms with Gasteiger partial charge in [0.05, 0.1) is 15.8 Å². The summed E-state index contributed by atoms with van der Waals surface area (Å²) < 4.78 is 1.43. The molecule has 8 heteroatoms. The summed E-state index contributed by atoms with van der Waals surface area (Å²) in [4.78, 5) is 30.3. The van der Waals surface area contributed by atoms with Gasteiger partial charge in [-0.1, -0.05) is 30.3 Å². The molecule has 0 amide bonds. The van der Waals surface area contributed by atoms with Crippen molar-refractivity contribution in [3.8, 4) is 0 Å². The molecule has 0 radical (unpaired) electrons. The summed E-state index contributed by atoms with van der Waals surface area (Å²) in [5.41, 5.74) is 5.24. The first-order valence-corrected chi connectivity index (χ1v) is 9.00. The number of rotatable bonds is 3. The van der Waals surface area contributed by atoms with E-state index in [2.05, 4.69) is 5.43 Å². The first-order chi connectivity index (χ1) is 14.1. The van der Waals surface area contributed by atoms with E-state index in [1.54, 1.807) is 30.3 Å². The summed E-state index contributed by atoms with van der Waals surface area (Å²) >= 11 is 0. The molecule has 1 aliphatic rings. The normalized spacial score (nSPS) is 15.2. The van der Waals surface area contributed by atoms with Crippen LogP contribution in [-0.2, 0) is 0 Å². The van der Waals surface area contributed by atoms with Gasteiger partial charge >= 0.3 is 0 Å². The molecule has 0 aliphatic carbocycles. The second-order valence-corrected chi connectivity index (χ2v) is 6.66. The van der Waals surface area contributed by atoms with E-state index < -0.39 is 11.1 Å². The standard InChI is InChI=1S/C21H15N5O3/c27-20-17-8-4-5-9-18(17)22-21-24(15-6-2-1-3-7-15)19(23-25(20)21)14-10-12-16(13-11-14)26(28)29/h1-13,19,23H. The second-order valence-electron chi connectivity index (χ2n) is 6.66. The molecule has 142 valence electrons. The zero-order valence-corrected chi connectivity index (χ0v) is 15.1. The van der Waals surface area contributed by atoms with Gasteiger partial charge in [-0.2, -0.15) is 4.68 Å². The number of non-ortho nitro benzene ring substituents is 1. The van der Waals surface area contributed by atoms with Crippen LogP contribution in [0.5, 0.6) is 0 Å². The minimum atomic E-state index is -0.449. The number of hydrogen-bond donors (Lipinski definition) is 1. The smallest absolute Gasteiger partial charge is 0.281 e. The van der Waals surface area contributed by atoms with Crippen LogP contribution >= 0.6 is 0 Å². The molecule has 1 atom stereocenters. The molecule has 0 bridgehead atoms. The van der Waals surface area contributed by atoms with Crippen molar-refractivity contribution in [2.75, 3.05) is 10.3 Å². The lowest BCUT2D eigenvalue weighted by atomic mass is 10.1. The van der Waals surface area contributed by atoms with E-state index in [9.17, 15) is 14.9 Å². The fourth-order valence-electron chi connectivity index (χ4n) is 3.55. The number of anilines is 2. The second kappa shape index (κ2) is 6.45. The van der Waals surface area contributed by atoms with E-state index in [-0.39, 0.29) is 11.2 Å². The minimum absolute atomic E-state index is 0.0107. The van der Waals surface area contributed by atoms with Crippen molar-refractivity contribution in [1.29, 1.82) is 0 Å². The van der Waals surface area contributed by atoms with Crippen molar-refractivity contribution in [3.05, 3.63) is 105 Å². The topological polar surface area (TPSA) is 93.3 Å². The number of aromatic nitrogens is 2. The molecule has 0 saturated carbocycles. The van der Waals surface area contributed by atoms with E-state index in [4.69, 9.17) is 4.98 Å². The Labute approximate surface area is 164 Å². The van der Waals surface area contributed by atoms with Gasteiger partial charge in [-0.15, -0.1) is 0 Å². The highest BCUT2D eigenvalue weighted by Gasteiger charge is 2.34. The third kappa shape index (κ3) is 2.69. The quantitative estimate of drug-likeness (QED) is 0.427. The zero-order valence-electron chi connectivity index (χ0n) is 15.1. The van der Waals surface area contributed by atoms with Crippen LogP contribution in [0, 0.1) is 10.1 Å². The third-order valence-electron chi connectivity index (χ3n) is 4.94. The van der Waals surface area contributed by atoms with Crippen LogP contribution in [0.15, 0.2) is 83.7 Å². The Balaban J connectivity index is 1.70. The minimum Gasteiger partial charge on any atom is -0.293 e. The molecule has 0 saturated heterocycles. The molecular weight excluding hydrogens is 370 g/mol. The Morgan fingerprint density at radius 2 is 1.62 bits per heavy atom. The first kappa shape index (κ1) is 16.9. The monoisotopic (exact) mass is 385 g/mol. The number of nitrogens with zero attached hydrogens (tertiary/aromatic N) is 4. The number of hydrogen-bond acceptors (Lipinski definition) is 6. The summed E-state index contributed by atoms with van der Waals surface area (Å²) in [5.74, 6) is 0.461. The van der Waals surface area contributed by atoms with Crippen LogP contribution in [0.1, 0.15) is 11.7 Å². The van der Waals surface area contributed by atoms with Crippen molar-refractivity contribution < 1.29 is 4.92 Å². The van der Waals surface area contributed by atoms with Crippen molar-refractivity contribution in [2.24, 2.45) is 0 Å². The molecule has 3 aromatic carbocycles. The van der Waals surface area contributed by atoms with Crippen LogP contribution in [-0.4, -0.2) is 14.6 Å². The van der Waals surface area contributed by atoms with Crippen LogP contribution in [0.2, 0.25) is 0 Å². The molecule has 2 heterocycles. The Morgan fingerprint density at radius 1 is 0.931 bits per heavy atom. The number of benzene rings is 3. The molecule has 29 heavy (non-hydrogen) atoms. The van der Waals surface area contributed by atoms with E-state index in [1.807, 2.05) is 41.3 Å². The van der Waals surface area contributed by atoms with Crippen molar-refractivity contribution in [2.45, 2.75) is 6.17 Å². The molecule has 0 fully saturated rings. The number of nitro groups is 1. The average Bonchev–Trinajstić information content (AvgIpc) is 3.14. The van der Waals surface area contributed by atoms with Crippen molar-refractivity contribution in [3.63, 3.8) is 0 Å². The Morgan fingerprint density at radius 3 is 2.34 bits per heavy atom. The van der Waals surface area contributed by atoms with Crippen molar-refractivity contribution in [1.82, 2.24) is 9.66 Å². The predicted molar refractivity (Wildman–Crippen MR) is 110 cm³/mol. The van der Waals surface area contributed by atoms with Crippen LogP contribution in [0.3, 0.4) is 0 Å². The lowest BCUT2D eigenvalue weighted by molar-refractivity contribution is -0.384. The van der Waals surface area contributed by atoms with E-state index in [0.29, 0.717) is 16.9 Å². The lowest BCUT2D eigenvalue weighted by Crippen LogP contribution is -2.27. The van der Waals surface area contributed by atoms with Crippen LogP contribution in [0.25, 0.3) is 10.9 Å². The zero-order chi connectivity index (χ0) is 20.0. The number of nitro benzene ring substituents is 1. The maximum absolute atomic E-state index is 13.1. The average molecular weight is 385 g/mol. The highest BCUT2D eigenvalue weighted by Crippen LogP contribution is 2.37. The predicted octanol–water partition coefficient (Wildman–Crippen LogP) is 3.70. The molecule has 1 aromatic heterocycles. The van der Waals surface area contributed by atoms with Gasteiger partial charge in [-0.25, -0.2) is 4.98 Å². The van der Waals surface area contributed by atoms with Crippen LogP contribution in [0.4, 0.5) is 17.3 Å². The van der Waals surface area contributed by atoms with Gasteiger partial charge in [0.25, 0.3) is 11.2 Å². The number of nitrogens with one attached hydrogen (secondary N) is 1. The van der Waals surface area contributed by atoms with Crippen LogP contribution < -0.4 is 15.9 Å². The molecule has 4 aromatic rings. The summed E-state index contributed by atoms with van der Waals surface area (Å²) in [6, 6.07) is 23.0. The van der Waals surface area contributed by atoms with Gasteiger partial charge in [0.1, 0.15) is 6.17 Å². The molecule has 5 rings (SSSR count). The fourth-order valence-corrected chi connectivity index (χ4v) is 3.55. The Hall–Kier alpha value is -4.20. The molecule has 1 unspecified atom stereocenters. The fraction of sp³-hybridized carbons (Fsp3) is 0.0476. The summed E-state index contributed by atoms with van der Waals surface area (Å²) in [6.07, 6.45) is -0.449. The Bertz CT molecular complexity index is 1290. The summed E-state index contributed by atoms with van der Waals surface area (Å²) in [6.45, 7) is 0. The molecule has 1 aliphatic heterocycles. The summed E-state index contributed by atoms with van der Waals surface area (Å²) in [7, 11) is 0. The highest BCUT2D eigenvalue weighted by atomic mass is 16.6. The first-order valence-electron chi connectivity index (χ1n) is 9.00. The van der Waals surface area contributed by atoms with Gasteiger partial charge in [-0.05, 0) is 42.0 Å². The maximum Gasteiger partial charge on any atom is 0.281 e. The molecular formula is C21H15N5O3. The SMILES string of the molecule is O=c1c2ccccc2nc2n1NC(c1ccc([N+](=O)[O-])cc1)N2c1ccccc1. The molecule has 1 N–H and O–H groups in total. The number of fused-ring (bicyclic) bond motifs is 2. The van der Waals surface area contributed by atoms with Gasteiger partial charge in [0, 0.05) is 17.8 Å². The largest absolute Gasteiger partial charge is 0.293 e. The molecule has 8 nitrogen and oxygen atoms in total. The lowest BCUT2D eigenvalue weighted by Gasteiger charge is -2.24. The third-order valence-corrected chi connectivity index (χ3v) is 4.94. The highest BCUT2D eigenvalue weighted by molar-refractivity contribution is 5.80. The van der Waals surface area contributed by atoms with Gasteiger partial charge in [0.2, 0.25) is 5.95 Å². The Kier molecular flexibility index (Phi) is 3.77. The van der Waals surface area contributed by atoms with E-state index >= 15 is 0 Å². The summed E-state index contributed by atoms with van der Waals surface area (Å²) in [5, 5.41) is 11.5. The van der Waals surface area contributed by atoms with Crippen molar-refractivity contribution >= 4 is 28.2 Å². The van der Waals surface area contributed by atoms with E-state index in [1.165, 1.54) is 16.8 Å². The molecule has 0 spiro atoms. The maximum atomic E-state index is 13.1. The van der Waals surface area contributed by atoms with E-state index in [0.717, 1.165) is 11.3 Å².